The van der Waals surface area contributed by atoms with Crippen LogP contribution in [0.5, 0.6) is 0 Å². The van der Waals surface area contributed by atoms with Gasteiger partial charge in [0.15, 0.2) is 0 Å². The van der Waals surface area contributed by atoms with E-state index >= 15 is 0 Å². The normalized spacial score (nSPS) is 16.8. The van der Waals surface area contributed by atoms with Gasteiger partial charge in [0, 0.05) is 50.8 Å². The van der Waals surface area contributed by atoms with Crippen molar-refractivity contribution in [3.05, 3.63) is 101 Å². The number of hydrogen-bond acceptors (Lipinski definition) is 5. The van der Waals surface area contributed by atoms with E-state index in [1.165, 1.54) is 21.7 Å². The fourth-order valence-electron chi connectivity index (χ4n) is 5.88. The highest BCUT2D eigenvalue weighted by molar-refractivity contribution is 7.92. The number of fused-ring (bicyclic) bond motifs is 1. The van der Waals surface area contributed by atoms with E-state index < -0.39 is 10.0 Å². The van der Waals surface area contributed by atoms with Gasteiger partial charge in [-0.15, -0.1) is 0 Å². The minimum Gasteiger partial charge on any atom is -0.366 e. The molecule has 0 spiro atoms. The Labute approximate surface area is 255 Å². The lowest BCUT2D eigenvalue weighted by Gasteiger charge is -2.41. The molecule has 3 aromatic rings. The van der Waals surface area contributed by atoms with Crippen LogP contribution in [0.15, 0.2) is 72.8 Å². The lowest BCUT2D eigenvalue weighted by atomic mass is 9.95. The summed E-state index contributed by atoms with van der Waals surface area (Å²) >= 11 is 6.15. The minimum absolute atomic E-state index is 0.117. The van der Waals surface area contributed by atoms with Crippen molar-refractivity contribution in [2.75, 3.05) is 48.2 Å². The summed E-state index contributed by atoms with van der Waals surface area (Å²) in [6.45, 7) is 9.71. The number of hydrogen-bond donors (Lipinski definition) is 0. The molecule has 1 fully saturated rings. The number of carbonyl (C=O) groups is 1. The molecule has 5 rings (SSSR count). The van der Waals surface area contributed by atoms with Gasteiger partial charge in [-0.1, -0.05) is 74.0 Å². The predicted molar refractivity (Wildman–Crippen MR) is 171 cm³/mol. The van der Waals surface area contributed by atoms with E-state index in [9.17, 15) is 13.2 Å². The molecule has 2 aliphatic heterocycles. The van der Waals surface area contributed by atoms with Gasteiger partial charge in [0.2, 0.25) is 15.9 Å². The summed E-state index contributed by atoms with van der Waals surface area (Å²) in [7, 11) is -3.45. The Bertz CT molecular complexity index is 1490. The van der Waals surface area contributed by atoms with E-state index in [1.807, 2.05) is 67.3 Å². The molecular weight excluding hydrogens is 568 g/mol. The van der Waals surface area contributed by atoms with Crippen LogP contribution < -0.4 is 9.21 Å². The number of sulfonamides is 1. The average molecular weight is 608 g/mol. The molecular formula is C33H40ClN4O3S. The van der Waals surface area contributed by atoms with Gasteiger partial charge in [-0.2, -0.15) is 0 Å². The zero-order valence-electron chi connectivity index (χ0n) is 24.6. The maximum Gasteiger partial charge on any atom is 0.240 e. The van der Waals surface area contributed by atoms with Gasteiger partial charge in [-0.05, 0) is 59.7 Å². The number of amides is 1. The van der Waals surface area contributed by atoms with Gasteiger partial charge >= 0.3 is 0 Å². The van der Waals surface area contributed by atoms with Gasteiger partial charge in [0.1, 0.15) is 0 Å². The molecule has 0 N–H and O–H groups in total. The smallest absolute Gasteiger partial charge is 0.240 e. The summed E-state index contributed by atoms with van der Waals surface area (Å²) in [6.07, 6.45) is 2.66. The average Bonchev–Trinajstić information content (AvgIpc) is 2.98. The van der Waals surface area contributed by atoms with Gasteiger partial charge in [0.25, 0.3) is 0 Å². The summed E-state index contributed by atoms with van der Waals surface area (Å²) in [5.41, 5.74) is 5.21. The quantitative estimate of drug-likeness (QED) is 0.333. The Morgan fingerprint density at radius 1 is 0.905 bits per heavy atom. The second-order valence-electron chi connectivity index (χ2n) is 11.7. The molecule has 3 aromatic carbocycles. The highest BCUT2D eigenvalue weighted by Gasteiger charge is 2.34. The second-order valence-corrected chi connectivity index (χ2v) is 14.0. The molecule has 1 saturated heterocycles. The zero-order chi connectivity index (χ0) is 29.9. The third-order valence-electron chi connectivity index (χ3n) is 8.06. The van der Waals surface area contributed by atoms with Crippen molar-refractivity contribution in [3.63, 3.8) is 0 Å². The second kappa shape index (κ2) is 13.1. The Balaban J connectivity index is 1.34. The lowest BCUT2D eigenvalue weighted by molar-refractivity contribution is -0.137. The van der Waals surface area contributed by atoms with Gasteiger partial charge in [-0.25, -0.2) is 8.42 Å². The number of para-hydroxylation sites is 2. The van der Waals surface area contributed by atoms with Gasteiger partial charge < -0.3 is 9.80 Å². The van der Waals surface area contributed by atoms with E-state index in [-0.39, 0.29) is 17.9 Å². The van der Waals surface area contributed by atoms with Gasteiger partial charge in [-0.3, -0.25) is 14.0 Å². The van der Waals surface area contributed by atoms with Crippen molar-refractivity contribution < 1.29 is 13.2 Å². The molecule has 0 bridgehead atoms. The Hall–Kier alpha value is -3.07. The third kappa shape index (κ3) is 7.10. The monoisotopic (exact) mass is 607 g/mol. The maximum absolute atomic E-state index is 14.2. The van der Waals surface area contributed by atoms with Crippen molar-refractivity contribution in [3.8, 4) is 0 Å². The van der Waals surface area contributed by atoms with Crippen LogP contribution in [-0.4, -0.2) is 69.1 Å². The van der Waals surface area contributed by atoms with Crippen LogP contribution in [0.1, 0.15) is 30.5 Å². The standard InChI is InChI=1S/C33H40ClN4O3S/c1-25(2)23-38(42(3,40)41)31-11-7-6-10-30(31)35-18-20-36(21-19-35)33(39)32(22-26-12-14-29(34)15-13-26)37-17-16-27-8-4-5-9-28(27)24-37/h4-15,17,25,32H,16,18-24H2,1-3H3/t32-/m1/s1. The molecule has 0 aliphatic carbocycles. The Kier molecular flexibility index (Phi) is 9.45. The molecule has 0 unspecified atom stereocenters. The number of halogens is 1. The lowest BCUT2D eigenvalue weighted by Crippen LogP contribution is -2.55. The highest BCUT2D eigenvalue weighted by Crippen LogP contribution is 2.33. The Morgan fingerprint density at radius 3 is 2.21 bits per heavy atom. The van der Waals surface area contributed by atoms with Gasteiger partial charge in [0.05, 0.1) is 23.7 Å². The topological polar surface area (TPSA) is 64.2 Å². The summed E-state index contributed by atoms with van der Waals surface area (Å²) in [6, 6.07) is 23.5. The number of anilines is 2. The number of rotatable bonds is 9. The van der Waals surface area contributed by atoms with Crippen LogP contribution in [-0.2, 0) is 34.2 Å². The van der Waals surface area contributed by atoms with E-state index in [0.717, 1.165) is 17.7 Å². The largest absolute Gasteiger partial charge is 0.366 e. The highest BCUT2D eigenvalue weighted by atomic mass is 35.5. The van der Waals surface area contributed by atoms with E-state index in [0.29, 0.717) is 56.4 Å². The molecule has 1 amide bonds. The van der Waals surface area contributed by atoms with E-state index in [2.05, 4.69) is 40.6 Å². The molecule has 42 heavy (non-hydrogen) atoms. The fourth-order valence-corrected chi connectivity index (χ4v) is 7.09. The summed E-state index contributed by atoms with van der Waals surface area (Å²) in [5.74, 6) is 0.296. The fraction of sp³-hybridized carbons (Fsp3) is 0.394. The van der Waals surface area contributed by atoms with Crippen LogP contribution >= 0.6 is 11.6 Å². The number of carbonyl (C=O) groups excluding carboxylic acids is 1. The van der Waals surface area contributed by atoms with Crippen LogP contribution in [0.4, 0.5) is 11.4 Å². The summed E-state index contributed by atoms with van der Waals surface area (Å²) in [4.78, 5) is 20.6. The number of benzene rings is 3. The van der Waals surface area contributed by atoms with Crippen molar-refractivity contribution in [1.29, 1.82) is 0 Å². The number of nitrogens with zero attached hydrogens (tertiary/aromatic N) is 4. The van der Waals surface area contributed by atoms with Crippen LogP contribution in [0.25, 0.3) is 0 Å². The molecule has 1 radical (unpaired) electrons. The first-order valence-corrected chi connectivity index (χ1v) is 16.8. The third-order valence-corrected chi connectivity index (χ3v) is 9.46. The van der Waals surface area contributed by atoms with Crippen molar-refractivity contribution in [2.45, 2.75) is 39.3 Å². The van der Waals surface area contributed by atoms with Crippen molar-refractivity contribution in [2.24, 2.45) is 5.92 Å². The van der Waals surface area contributed by atoms with Crippen molar-refractivity contribution >= 4 is 38.9 Å². The summed E-state index contributed by atoms with van der Waals surface area (Å²) in [5, 5.41) is 0.680. The van der Waals surface area contributed by atoms with Crippen LogP contribution in [0.2, 0.25) is 5.02 Å². The summed E-state index contributed by atoms with van der Waals surface area (Å²) < 4.78 is 27.0. The van der Waals surface area contributed by atoms with Crippen LogP contribution in [0.3, 0.4) is 0 Å². The molecule has 2 heterocycles. The first-order valence-electron chi connectivity index (χ1n) is 14.6. The first kappa shape index (κ1) is 30.4. The number of piperazine rings is 1. The molecule has 0 saturated carbocycles. The zero-order valence-corrected chi connectivity index (χ0v) is 26.2. The minimum atomic E-state index is -3.45. The maximum atomic E-state index is 14.2. The van der Waals surface area contributed by atoms with Crippen molar-refractivity contribution in [1.82, 2.24) is 9.80 Å². The first-order chi connectivity index (χ1) is 20.1. The van der Waals surface area contributed by atoms with E-state index in [4.69, 9.17) is 11.6 Å². The molecule has 9 heteroatoms. The SMILES string of the molecule is CC(C)CN(c1ccccc1N1CCN(C(=O)[C@@H](Cc2ccc(Cl)cc2)N2[CH]Cc3ccccc3C2)CC1)S(C)(=O)=O. The molecule has 0 aromatic heterocycles. The van der Waals surface area contributed by atoms with E-state index in [1.54, 1.807) is 0 Å². The van der Waals surface area contributed by atoms with Crippen LogP contribution in [0, 0.1) is 12.5 Å². The molecule has 7 nitrogen and oxygen atoms in total. The Morgan fingerprint density at radius 2 is 1.55 bits per heavy atom. The predicted octanol–water partition coefficient (Wildman–Crippen LogP) is 5.24. The molecule has 2 aliphatic rings. The molecule has 223 valence electrons. The molecule has 1 atom stereocenters.